The monoisotopic (exact) mass is 924 g/mol. The number of hydrogen-bond donors (Lipinski definition) is 0. The molecule has 4 heteroatoms. The maximum atomic E-state index is 6.79. The Morgan fingerprint density at radius 1 is 0.306 bits per heavy atom. The molecular weight excluding hydrogens is 877 g/mol. The third-order valence-electron chi connectivity index (χ3n) is 16.1. The summed E-state index contributed by atoms with van der Waals surface area (Å²) in [6, 6.07) is 79.3. The van der Waals surface area contributed by atoms with Gasteiger partial charge in [-0.25, -0.2) is 0 Å². The minimum atomic E-state index is -0.368. The van der Waals surface area contributed by atoms with Gasteiger partial charge in [0.05, 0.1) is 22.7 Å². The van der Waals surface area contributed by atoms with Crippen LogP contribution in [0.5, 0.6) is 0 Å². The summed E-state index contributed by atoms with van der Waals surface area (Å²) in [5.41, 5.74) is 19.9. The van der Waals surface area contributed by atoms with Crippen molar-refractivity contribution >= 4 is 99.5 Å². The molecule has 0 bridgehead atoms. The van der Waals surface area contributed by atoms with Gasteiger partial charge in [0, 0.05) is 54.5 Å². The molecule has 2 aromatic heterocycles. The molecule has 0 amide bonds. The standard InChI is InChI=1S/C68H48N2O2/c1-67(2)53-39-57(69(41-21-7-5-8-22-41)55-33-19-31-49-45-27-15-17-35-59(45)71-65(49)55)43-25-11-13-29-47(43)61(53)51-37-38-52-62-48-30-14-12-26-44(48)58(40-54(62)68(3,4)64(52)63(51)67)70(42-23-9-6-10-24-42)56-34-20-32-50-46-28-16-18-36-60(46)72-66(50)56/h5-40H,1-4H3. The molecule has 13 aromatic rings. The molecule has 0 saturated carbocycles. The van der Waals surface area contributed by atoms with Crippen LogP contribution in [0.2, 0.25) is 0 Å². The lowest BCUT2D eigenvalue weighted by Gasteiger charge is -2.32. The molecule has 2 aliphatic carbocycles. The highest BCUT2D eigenvalue weighted by Crippen LogP contribution is 2.63. The van der Waals surface area contributed by atoms with Crippen molar-refractivity contribution in [1.82, 2.24) is 0 Å². The molecule has 0 unspecified atom stereocenters. The van der Waals surface area contributed by atoms with Crippen molar-refractivity contribution in [3.8, 4) is 22.3 Å². The second-order valence-electron chi connectivity index (χ2n) is 20.7. The maximum Gasteiger partial charge on any atom is 0.159 e. The molecule has 15 rings (SSSR count). The molecule has 2 aliphatic rings. The largest absolute Gasteiger partial charge is 0.454 e. The average Bonchev–Trinajstić information content (AvgIpc) is 4.13. The van der Waals surface area contributed by atoms with E-state index in [1.807, 2.05) is 0 Å². The minimum absolute atomic E-state index is 0.368. The molecule has 72 heavy (non-hydrogen) atoms. The smallest absolute Gasteiger partial charge is 0.159 e. The van der Waals surface area contributed by atoms with Gasteiger partial charge in [-0.3, -0.25) is 0 Å². The zero-order valence-corrected chi connectivity index (χ0v) is 40.5. The molecule has 0 N–H and O–H groups in total. The third-order valence-corrected chi connectivity index (χ3v) is 16.1. The molecule has 342 valence electrons. The van der Waals surface area contributed by atoms with Crippen molar-refractivity contribution in [2.45, 2.75) is 38.5 Å². The van der Waals surface area contributed by atoms with E-state index in [-0.39, 0.29) is 10.8 Å². The van der Waals surface area contributed by atoms with Crippen molar-refractivity contribution in [3.63, 3.8) is 0 Å². The highest BCUT2D eigenvalue weighted by Gasteiger charge is 2.47. The number of para-hydroxylation sites is 6. The Kier molecular flexibility index (Phi) is 8.44. The summed E-state index contributed by atoms with van der Waals surface area (Å²) in [4.78, 5) is 4.85. The van der Waals surface area contributed by atoms with Crippen molar-refractivity contribution in [2.75, 3.05) is 9.80 Å². The van der Waals surface area contributed by atoms with E-state index in [0.29, 0.717) is 0 Å². The summed E-state index contributed by atoms with van der Waals surface area (Å²) in [6.07, 6.45) is 0. The first-order valence-electron chi connectivity index (χ1n) is 25.1. The summed E-state index contributed by atoms with van der Waals surface area (Å²) in [6.45, 7) is 9.82. The average molecular weight is 925 g/mol. The molecule has 0 saturated heterocycles. The second-order valence-corrected chi connectivity index (χ2v) is 20.7. The third kappa shape index (κ3) is 5.52. The van der Waals surface area contributed by atoms with Gasteiger partial charge in [-0.05, 0) is 116 Å². The van der Waals surface area contributed by atoms with Gasteiger partial charge in [-0.15, -0.1) is 0 Å². The second kappa shape index (κ2) is 14.8. The van der Waals surface area contributed by atoms with Crippen LogP contribution in [0, 0.1) is 0 Å². The molecule has 0 radical (unpaired) electrons. The van der Waals surface area contributed by atoms with Crippen LogP contribution in [0.15, 0.2) is 227 Å². The van der Waals surface area contributed by atoms with E-state index in [1.165, 1.54) is 66.1 Å². The number of anilines is 6. The first-order valence-corrected chi connectivity index (χ1v) is 25.1. The Bertz CT molecular complexity index is 4120. The zero-order chi connectivity index (χ0) is 48.0. The van der Waals surface area contributed by atoms with Crippen molar-refractivity contribution in [1.29, 1.82) is 0 Å². The number of rotatable bonds is 6. The first kappa shape index (κ1) is 41.0. The summed E-state index contributed by atoms with van der Waals surface area (Å²) < 4.78 is 13.6. The summed E-state index contributed by atoms with van der Waals surface area (Å²) in [5.74, 6) is 0. The zero-order valence-electron chi connectivity index (χ0n) is 40.5. The quantitative estimate of drug-likeness (QED) is 0.166. The van der Waals surface area contributed by atoms with Crippen LogP contribution < -0.4 is 9.80 Å². The van der Waals surface area contributed by atoms with Crippen LogP contribution in [0.3, 0.4) is 0 Å². The van der Waals surface area contributed by atoms with Gasteiger partial charge >= 0.3 is 0 Å². The molecule has 0 fully saturated rings. The van der Waals surface area contributed by atoms with Gasteiger partial charge in [0.25, 0.3) is 0 Å². The van der Waals surface area contributed by atoms with E-state index in [0.717, 1.165) is 78.0 Å². The molecule has 11 aromatic carbocycles. The van der Waals surface area contributed by atoms with Crippen LogP contribution in [0.4, 0.5) is 34.1 Å². The number of hydrogen-bond acceptors (Lipinski definition) is 4. The molecule has 0 aliphatic heterocycles. The number of furan rings is 2. The normalized spacial score (nSPS) is 14.1. The van der Waals surface area contributed by atoms with Crippen LogP contribution in [-0.4, -0.2) is 0 Å². The summed E-state index contributed by atoms with van der Waals surface area (Å²) >= 11 is 0. The minimum Gasteiger partial charge on any atom is -0.454 e. The SMILES string of the molecule is CC1(C)c2cc(N(c3ccccc3)c3cccc4c3oc3ccccc34)c3ccccc3c2-c2ccc3c(c21)C(C)(C)c1cc(N(c2ccccc2)c2cccc4c2oc2ccccc24)c2ccccc2c1-3. The van der Waals surface area contributed by atoms with E-state index < -0.39 is 0 Å². The number of fused-ring (bicyclic) bond motifs is 17. The van der Waals surface area contributed by atoms with Crippen LogP contribution >= 0.6 is 0 Å². The molecule has 2 heterocycles. The van der Waals surface area contributed by atoms with Gasteiger partial charge in [0.15, 0.2) is 11.2 Å². The first-order chi connectivity index (χ1) is 35.3. The van der Waals surface area contributed by atoms with E-state index >= 15 is 0 Å². The highest BCUT2D eigenvalue weighted by molar-refractivity contribution is 6.17. The Morgan fingerprint density at radius 2 is 0.653 bits per heavy atom. The fourth-order valence-electron chi connectivity index (χ4n) is 13.0. The van der Waals surface area contributed by atoms with Crippen molar-refractivity contribution in [2.24, 2.45) is 0 Å². The lowest BCUT2D eigenvalue weighted by atomic mass is 9.72. The summed E-state index contributed by atoms with van der Waals surface area (Å²) in [7, 11) is 0. The van der Waals surface area contributed by atoms with E-state index in [9.17, 15) is 0 Å². The Morgan fingerprint density at radius 3 is 1.07 bits per heavy atom. The molecular formula is C68H48N2O2. The summed E-state index contributed by atoms with van der Waals surface area (Å²) in [5, 5.41) is 9.31. The number of nitrogens with zero attached hydrogens (tertiary/aromatic N) is 2. The van der Waals surface area contributed by atoms with Gasteiger partial charge < -0.3 is 18.6 Å². The lowest BCUT2D eigenvalue weighted by molar-refractivity contribution is 0.601. The predicted molar refractivity (Wildman–Crippen MR) is 301 cm³/mol. The Balaban J connectivity index is 0.956. The van der Waals surface area contributed by atoms with Gasteiger partial charge in [-0.1, -0.05) is 185 Å². The predicted octanol–water partition coefficient (Wildman–Crippen LogP) is 19.3. The Labute approximate surface area is 417 Å². The van der Waals surface area contributed by atoms with Gasteiger partial charge in [0.1, 0.15) is 11.2 Å². The van der Waals surface area contributed by atoms with E-state index in [2.05, 4.69) is 256 Å². The number of benzene rings is 11. The Hall–Kier alpha value is -8.86. The van der Waals surface area contributed by atoms with Crippen molar-refractivity contribution < 1.29 is 8.83 Å². The fraction of sp³-hybridized carbons (Fsp3) is 0.0882. The van der Waals surface area contributed by atoms with E-state index in [1.54, 1.807) is 0 Å². The van der Waals surface area contributed by atoms with Crippen LogP contribution in [0.1, 0.15) is 49.9 Å². The molecule has 0 spiro atoms. The van der Waals surface area contributed by atoms with Crippen LogP contribution in [-0.2, 0) is 10.8 Å². The lowest BCUT2D eigenvalue weighted by Crippen LogP contribution is -2.24. The molecule has 4 nitrogen and oxygen atoms in total. The topological polar surface area (TPSA) is 32.8 Å². The van der Waals surface area contributed by atoms with Crippen molar-refractivity contribution in [3.05, 3.63) is 241 Å². The van der Waals surface area contributed by atoms with E-state index in [4.69, 9.17) is 8.83 Å². The molecule has 0 atom stereocenters. The van der Waals surface area contributed by atoms with Gasteiger partial charge in [-0.2, -0.15) is 0 Å². The van der Waals surface area contributed by atoms with Crippen LogP contribution in [0.25, 0.3) is 87.7 Å². The maximum absolute atomic E-state index is 6.79. The van der Waals surface area contributed by atoms with Gasteiger partial charge in [0.2, 0.25) is 0 Å². The highest BCUT2D eigenvalue weighted by atomic mass is 16.3. The fourth-order valence-corrected chi connectivity index (χ4v) is 13.0.